The van der Waals surface area contributed by atoms with Gasteiger partial charge in [-0.2, -0.15) is 0 Å². The first-order chi connectivity index (χ1) is 8.12. The lowest BCUT2D eigenvalue weighted by Crippen LogP contribution is -2.28. The number of nitrogens with zero attached hydrogens (tertiary/aromatic N) is 1. The van der Waals surface area contributed by atoms with Crippen molar-refractivity contribution >= 4 is 21.8 Å². The third kappa shape index (κ3) is 3.63. The third-order valence-electron chi connectivity index (χ3n) is 2.37. The van der Waals surface area contributed by atoms with Crippen molar-refractivity contribution in [3.05, 3.63) is 23.8 Å². The maximum absolute atomic E-state index is 12.1. The molecule has 1 rings (SSSR count). The Balaban J connectivity index is 2.99. The fourth-order valence-corrected chi connectivity index (χ4v) is 1.91. The zero-order valence-corrected chi connectivity index (χ0v) is 11.8. The van der Waals surface area contributed by atoms with Gasteiger partial charge < -0.3 is 14.4 Å². The first kappa shape index (κ1) is 13.8. The van der Waals surface area contributed by atoms with Crippen molar-refractivity contribution in [1.29, 1.82) is 0 Å². The number of amides is 1. The Morgan fingerprint density at radius 1 is 1.24 bits per heavy atom. The maximum atomic E-state index is 12.1. The summed E-state index contributed by atoms with van der Waals surface area (Å²) in [5.74, 6) is 1.17. The van der Waals surface area contributed by atoms with Gasteiger partial charge in [-0.3, -0.25) is 4.79 Å². The van der Waals surface area contributed by atoms with Crippen LogP contribution in [0.3, 0.4) is 0 Å². The van der Waals surface area contributed by atoms with Crippen molar-refractivity contribution in [3.8, 4) is 11.5 Å². The minimum atomic E-state index is -0.0540. The largest absolute Gasteiger partial charge is 0.497 e. The summed E-state index contributed by atoms with van der Waals surface area (Å²) in [7, 11) is 4.88. The highest BCUT2D eigenvalue weighted by atomic mass is 79.9. The van der Waals surface area contributed by atoms with E-state index in [0.29, 0.717) is 23.6 Å². The van der Waals surface area contributed by atoms with Crippen LogP contribution in [0.2, 0.25) is 0 Å². The average Bonchev–Trinajstić information content (AvgIpc) is 2.37. The smallest absolute Gasteiger partial charge is 0.253 e. The van der Waals surface area contributed by atoms with Gasteiger partial charge in [-0.25, -0.2) is 0 Å². The molecule has 1 aromatic rings. The van der Waals surface area contributed by atoms with E-state index in [1.54, 1.807) is 44.4 Å². The van der Waals surface area contributed by atoms with Crippen LogP contribution in [0.1, 0.15) is 10.4 Å². The molecule has 0 N–H and O–H groups in total. The first-order valence-electron chi connectivity index (χ1n) is 5.17. The molecule has 0 heterocycles. The standard InChI is InChI=1S/C12H16BrNO3/c1-14(5-4-13)12(15)9-6-10(16-2)8-11(7-9)17-3/h6-8H,4-5H2,1-3H3. The summed E-state index contributed by atoms with van der Waals surface area (Å²) in [6, 6.07) is 5.15. The number of benzene rings is 1. The van der Waals surface area contributed by atoms with Gasteiger partial charge in [0.2, 0.25) is 0 Å². The molecule has 0 atom stereocenters. The Labute approximate surface area is 110 Å². The van der Waals surface area contributed by atoms with Gasteiger partial charge in [0, 0.05) is 30.6 Å². The van der Waals surface area contributed by atoms with E-state index in [0.717, 1.165) is 5.33 Å². The van der Waals surface area contributed by atoms with Crippen molar-refractivity contribution in [2.75, 3.05) is 33.1 Å². The number of hydrogen-bond donors (Lipinski definition) is 0. The Hall–Kier alpha value is -1.23. The number of hydrogen-bond acceptors (Lipinski definition) is 3. The molecule has 5 heteroatoms. The summed E-state index contributed by atoms with van der Waals surface area (Å²) in [6.07, 6.45) is 0. The molecule has 4 nitrogen and oxygen atoms in total. The predicted octanol–water partition coefficient (Wildman–Crippen LogP) is 2.17. The monoisotopic (exact) mass is 301 g/mol. The van der Waals surface area contributed by atoms with Gasteiger partial charge in [0.05, 0.1) is 14.2 Å². The molecule has 0 radical (unpaired) electrons. The molecule has 94 valence electrons. The minimum Gasteiger partial charge on any atom is -0.497 e. The van der Waals surface area contributed by atoms with Crippen LogP contribution in [-0.2, 0) is 0 Å². The van der Waals surface area contributed by atoms with Crippen molar-refractivity contribution in [2.24, 2.45) is 0 Å². The Morgan fingerprint density at radius 3 is 2.18 bits per heavy atom. The highest BCUT2D eigenvalue weighted by Gasteiger charge is 2.13. The second-order valence-corrected chi connectivity index (χ2v) is 4.31. The summed E-state index contributed by atoms with van der Waals surface area (Å²) in [4.78, 5) is 13.7. The number of carbonyl (C=O) groups is 1. The summed E-state index contributed by atoms with van der Waals surface area (Å²) in [5.41, 5.74) is 0.560. The van der Waals surface area contributed by atoms with E-state index in [9.17, 15) is 4.79 Å². The van der Waals surface area contributed by atoms with Gasteiger partial charge in [-0.05, 0) is 12.1 Å². The molecule has 0 bridgehead atoms. The van der Waals surface area contributed by atoms with Crippen LogP contribution >= 0.6 is 15.9 Å². The van der Waals surface area contributed by atoms with Crippen LogP contribution in [0.5, 0.6) is 11.5 Å². The lowest BCUT2D eigenvalue weighted by Gasteiger charge is -2.16. The number of alkyl halides is 1. The van der Waals surface area contributed by atoms with Gasteiger partial charge in [-0.1, -0.05) is 15.9 Å². The highest BCUT2D eigenvalue weighted by molar-refractivity contribution is 9.09. The number of rotatable bonds is 5. The maximum Gasteiger partial charge on any atom is 0.253 e. The van der Waals surface area contributed by atoms with Crippen LogP contribution in [0.15, 0.2) is 18.2 Å². The summed E-state index contributed by atoms with van der Waals surface area (Å²) in [6.45, 7) is 0.651. The molecule has 0 aliphatic carbocycles. The topological polar surface area (TPSA) is 38.8 Å². The summed E-state index contributed by atoms with van der Waals surface area (Å²) < 4.78 is 10.3. The molecule has 0 saturated carbocycles. The van der Waals surface area contributed by atoms with Crippen molar-refractivity contribution in [1.82, 2.24) is 4.90 Å². The van der Waals surface area contributed by atoms with Crippen molar-refractivity contribution in [2.45, 2.75) is 0 Å². The third-order valence-corrected chi connectivity index (χ3v) is 2.72. The van der Waals surface area contributed by atoms with Crippen molar-refractivity contribution < 1.29 is 14.3 Å². The van der Waals surface area contributed by atoms with Crippen molar-refractivity contribution in [3.63, 3.8) is 0 Å². The molecule has 0 aliphatic heterocycles. The van der Waals surface area contributed by atoms with E-state index >= 15 is 0 Å². The molecule has 1 amide bonds. The highest BCUT2D eigenvalue weighted by Crippen LogP contribution is 2.23. The first-order valence-corrected chi connectivity index (χ1v) is 6.29. The minimum absolute atomic E-state index is 0.0540. The SMILES string of the molecule is COc1cc(OC)cc(C(=O)N(C)CCBr)c1. The quantitative estimate of drug-likeness (QED) is 0.783. The fourth-order valence-electron chi connectivity index (χ4n) is 1.38. The van der Waals surface area contributed by atoms with Crippen LogP contribution in [0.25, 0.3) is 0 Å². The Kier molecular flexibility index (Phi) is 5.28. The lowest BCUT2D eigenvalue weighted by molar-refractivity contribution is 0.0803. The zero-order valence-electron chi connectivity index (χ0n) is 10.2. The molecule has 0 fully saturated rings. The summed E-state index contributed by atoms with van der Waals surface area (Å²) >= 11 is 3.30. The van der Waals surface area contributed by atoms with Crippen LogP contribution < -0.4 is 9.47 Å². The number of carbonyl (C=O) groups excluding carboxylic acids is 1. The van der Waals surface area contributed by atoms with Crippen LogP contribution in [-0.4, -0.2) is 43.9 Å². The molecule has 0 saturated heterocycles. The second-order valence-electron chi connectivity index (χ2n) is 3.52. The van der Waals surface area contributed by atoms with Gasteiger partial charge >= 0.3 is 0 Å². The van der Waals surface area contributed by atoms with Gasteiger partial charge in [0.1, 0.15) is 11.5 Å². The Morgan fingerprint density at radius 2 is 1.76 bits per heavy atom. The molecule has 17 heavy (non-hydrogen) atoms. The average molecular weight is 302 g/mol. The van der Waals surface area contributed by atoms with Gasteiger partial charge in [0.15, 0.2) is 0 Å². The molecular weight excluding hydrogens is 286 g/mol. The zero-order chi connectivity index (χ0) is 12.8. The lowest BCUT2D eigenvalue weighted by atomic mass is 10.1. The van der Waals surface area contributed by atoms with E-state index in [4.69, 9.17) is 9.47 Å². The normalized spacial score (nSPS) is 9.88. The number of ether oxygens (including phenoxy) is 2. The van der Waals surface area contributed by atoms with E-state index in [2.05, 4.69) is 15.9 Å². The Bertz CT molecular complexity index is 373. The molecule has 0 spiro atoms. The van der Waals surface area contributed by atoms with Gasteiger partial charge in [0.25, 0.3) is 5.91 Å². The van der Waals surface area contributed by atoms with E-state index in [1.165, 1.54) is 0 Å². The molecule has 0 unspecified atom stereocenters. The number of halogens is 1. The predicted molar refractivity (Wildman–Crippen MR) is 70.3 cm³/mol. The van der Waals surface area contributed by atoms with E-state index < -0.39 is 0 Å². The summed E-state index contributed by atoms with van der Waals surface area (Å²) in [5, 5.41) is 0.746. The molecule has 0 aromatic heterocycles. The van der Waals surface area contributed by atoms with Crippen LogP contribution in [0.4, 0.5) is 0 Å². The molecule has 0 aliphatic rings. The second kappa shape index (κ2) is 6.49. The number of methoxy groups -OCH3 is 2. The molecular formula is C12H16BrNO3. The van der Waals surface area contributed by atoms with E-state index in [-0.39, 0.29) is 5.91 Å². The van der Waals surface area contributed by atoms with Gasteiger partial charge in [-0.15, -0.1) is 0 Å². The van der Waals surface area contributed by atoms with Crippen LogP contribution in [0, 0.1) is 0 Å². The molecule has 1 aromatic carbocycles. The fraction of sp³-hybridized carbons (Fsp3) is 0.417. The van der Waals surface area contributed by atoms with E-state index in [1.807, 2.05) is 0 Å².